The van der Waals surface area contributed by atoms with Gasteiger partial charge in [-0.2, -0.15) is 0 Å². The molecule has 0 N–H and O–H groups in total. The summed E-state index contributed by atoms with van der Waals surface area (Å²) in [5.74, 6) is -1.06. The van der Waals surface area contributed by atoms with Crippen LogP contribution < -0.4 is 0 Å². The van der Waals surface area contributed by atoms with Crippen LogP contribution in [0.2, 0.25) is 0 Å². The summed E-state index contributed by atoms with van der Waals surface area (Å²) < 4.78 is 28.9. The Morgan fingerprint density at radius 3 is 1.97 bits per heavy atom. The second-order valence-corrected chi connectivity index (χ2v) is 7.68. The van der Waals surface area contributed by atoms with Gasteiger partial charge in [-0.05, 0) is 18.1 Å². The highest BCUT2D eigenvalue weighted by molar-refractivity contribution is 5.67. The Labute approximate surface area is 182 Å². The summed E-state index contributed by atoms with van der Waals surface area (Å²) in [4.78, 5) is 23.4. The van der Waals surface area contributed by atoms with Gasteiger partial charge in [0, 0.05) is 13.8 Å². The Morgan fingerprint density at radius 2 is 1.42 bits per heavy atom. The zero-order valence-corrected chi connectivity index (χ0v) is 18.0. The SMILES string of the molecule is CC(=O)O[C@@H]1O[C@](C)(COCc2ccccc2)[C@@H](OCc2ccccc2)[C@H]1OC(C)=O. The molecule has 0 spiro atoms. The lowest BCUT2D eigenvalue weighted by atomic mass is 9.98. The fourth-order valence-electron chi connectivity index (χ4n) is 3.55. The molecule has 31 heavy (non-hydrogen) atoms. The van der Waals surface area contributed by atoms with Crippen molar-refractivity contribution < 1.29 is 33.3 Å². The summed E-state index contributed by atoms with van der Waals surface area (Å²) >= 11 is 0. The molecule has 0 aromatic heterocycles. The molecule has 7 heteroatoms. The maximum absolute atomic E-state index is 11.8. The molecule has 4 atom stereocenters. The number of carbonyl (C=O) groups is 2. The Balaban J connectivity index is 1.77. The van der Waals surface area contributed by atoms with Crippen molar-refractivity contribution in [2.45, 2.75) is 58.1 Å². The lowest BCUT2D eigenvalue weighted by molar-refractivity contribution is -0.208. The molecule has 0 radical (unpaired) electrons. The molecule has 1 heterocycles. The minimum absolute atomic E-state index is 0.150. The summed E-state index contributed by atoms with van der Waals surface area (Å²) in [6.07, 6.45) is -2.72. The molecule has 2 aromatic rings. The second kappa shape index (κ2) is 10.5. The van der Waals surface area contributed by atoms with Crippen molar-refractivity contribution in [3.63, 3.8) is 0 Å². The summed E-state index contributed by atoms with van der Waals surface area (Å²) in [6, 6.07) is 19.3. The minimum Gasteiger partial charge on any atom is -0.453 e. The van der Waals surface area contributed by atoms with E-state index in [0.29, 0.717) is 6.61 Å². The van der Waals surface area contributed by atoms with E-state index in [1.807, 2.05) is 60.7 Å². The van der Waals surface area contributed by atoms with Crippen LogP contribution in [0.1, 0.15) is 31.9 Å². The van der Waals surface area contributed by atoms with E-state index < -0.39 is 36.0 Å². The fourth-order valence-corrected chi connectivity index (χ4v) is 3.55. The molecule has 2 aromatic carbocycles. The first-order valence-corrected chi connectivity index (χ1v) is 10.2. The molecule has 0 unspecified atom stereocenters. The van der Waals surface area contributed by atoms with Crippen LogP contribution in [0, 0.1) is 0 Å². The van der Waals surface area contributed by atoms with Crippen molar-refractivity contribution in [1.82, 2.24) is 0 Å². The van der Waals surface area contributed by atoms with Crippen LogP contribution in [-0.4, -0.2) is 42.6 Å². The zero-order valence-electron chi connectivity index (χ0n) is 18.0. The highest BCUT2D eigenvalue weighted by Gasteiger charge is 2.57. The van der Waals surface area contributed by atoms with Gasteiger partial charge in [-0.1, -0.05) is 60.7 Å². The number of rotatable bonds is 9. The van der Waals surface area contributed by atoms with Gasteiger partial charge in [0.2, 0.25) is 6.29 Å². The number of benzene rings is 2. The lowest BCUT2D eigenvalue weighted by Gasteiger charge is -2.31. The average molecular weight is 428 g/mol. The topological polar surface area (TPSA) is 80.3 Å². The highest BCUT2D eigenvalue weighted by Crippen LogP contribution is 2.37. The van der Waals surface area contributed by atoms with Crippen molar-refractivity contribution in [1.29, 1.82) is 0 Å². The van der Waals surface area contributed by atoms with Crippen LogP contribution in [0.3, 0.4) is 0 Å². The number of carbonyl (C=O) groups excluding carboxylic acids is 2. The van der Waals surface area contributed by atoms with E-state index >= 15 is 0 Å². The van der Waals surface area contributed by atoms with E-state index in [4.69, 9.17) is 23.7 Å². The van der Waals surface area contributed by atoms with Gasteiger partial charge in [-0.15, -0.1) is 0 Å². The lowest BCUT2D eigenvalue weighted by Crippen LogP contribution is -2.47. The molecule has 1 aliphatic rings. The maximum Gasteiger partial charge on any atom is 0.305 e. The summed E-state index contributed by atoms with van der Waals surface area (Å²) in [5.41, 5.74) is 0.954. The molecule has 1 saturated heterocycles. The smallest absolute Gasteiger partial charge is 0.305 e. The number of ether oxygens (including phenoxy) is 5. The molecular weight excluding hydrogens is 400 g/mol. The van der Waals surface area contributed by atoms with E-state index in [1.165, 1.54) is 13.8 Å². The van der Waals surface area contributed by atoms with Gasteiger partial charge in [0.15, 0.2) is 6.10 Å². The van der Waals surface area contributed by atoms with Gasteiger partial charge in [0.25, 0.3) is 0 Å². The van der Waals surface area contributed by atoms with E-state index in [0.717, 1.165) is 11.1 Å². The normalized spacial score (nSPS) is 25.2. The van der Waals surface area contributed by atoms with Crippen LogP contribution in [0.15, 0.2) is 60.7 Å². The number of hydrogen-bond donors (Lipinski definition) is 0. The average Bonchev–Trinajstić information content (AvgIpc) is 2.97. The van der Waals surface area contributed by atoms with E-state index in [-0.39, 0.29) is 13.2 Å². The van der Waals surface area contributed by atoms with Crippen molar-refractivity contribution in [2.24, 2.45) is 0 Å². The molecule has 166 valence electrons. The predicted octanol–water partition coefficient (Wildman–Crippen LogP) is 3.40. The molecule has 0 amide bonds. The van der Waals surface area contributed by atoms with Gasteiger partial charge in [-0.3, -0.25) is 9.59 Å². The summed E-state index contributed by atoms with van der Waals surface area (Å²) in [6.45, 7) is 5.16. The molecule has 0 bridgehead atoms. The standard InChI is InChI=1S/C24H28O7/c1-17(25)29-21-22(28-15-20-12-8-5-9-13-20)24(3,31-23(21)30-18(2)26)16-27-14-19-10-6-4-7-11-19/h4-13,21-23H,14-16H2,1-3H3/t21-,22+,23-,24-/m1/s1. The molecule has 1 fully saturated rings. The van der Waals surface area contributed by atoms with Gasteiger partial charge in [0.05, 0.1) is 19.8 Å². The maximum atomic E-state index is 11.8. The van der Waals surface area contributed by atoms with Gasteiger partial charge < -0.3 is 23.7 Å². The monoisotopic (exact) mass is 428 g/mol. The van der Waals surface area contributed by atoms with E-state index in [2.05, 4.69) is 0 Å². The van der Waals surface area contributed by atoms with Crippen LogP contribution in [0.5, 0.6) is 0 Å². The predicted molar refractivity (Wildman–Crippen MR) is 112 cm³/mol. The Bertz CT molecular complexity index is 855. The first-order valence-electron chi connectivity index (χ1n) is 10.2. The fraction of sp³-hybridized carbons (Fsp3) is 0.417. The third kappa shape index (κ3) is 6.37. The van der Waals surface area contributed by atoms with Crippen molar-refractivity contribution >= 4 is 11.9 Å². The van der Waals surface area contributed by atoms with Crippen molar-refractivity contribution in [2.75, 3.05) is 6.61 Å². The molecule has 1 aliphatic heterocycles. The van der Waals surface area contributed by atoms with Crippen molar-refractivity contribution in [3.05, 3.63) is 71.8 Å². The molecule has 0 aliphatic carbocycles. The third-order valence-electron chi connectivity index (χ3n) is 4.91. The third-order valence-corrected chi connectivity index (χ3v) is 4.91. The second-order valence-electron chi connectivity index (χ2n) is 7.68. The minimum atomic E-state index is -1.09. The Hall–Kier alpha value is -2.74. The van der Waals surface area contributed by atoms with Gasteiger partial charge in [-0.25, -0.2) is 0 Å². The molecule has 3 rings (SSSR count). The molecular formula is C24H28O7. The van der Waals surface area contributed by atoms with Gasteiger partial charge in [0.1, 0.15) is 11.7 Å². The van der Waals surface area contributed by atoms with Gasteiger partial charge >= 0.3 is 11.9 Å². The summed E-state index contributed by atoms with van der Waals surface area (Å²) in [7, 11) is 0. The van der Waals surface area contributed by atoms with E-state index in [9.17, 15) is 9.59 Å². The first kappa shape index (κ1) is 22.9. The Kier molecular flexibility index (Phi) is 7.79. The van der Waals surface area contributed by atoms with Crippen LogP contribution in [0.4, 0.5) is 0 Å². The zero-order chi connectivity index (χ0) is 22.3. The van der Waals surface area contributed by atoms with Crippen LogP contribution in [-0.2, 0) is 46.5 Å². The number of esters is 2. The first-order chi connectivity index (χ1) is 14.9. The van der Waals surface area contributed by atoms with Crippen LogP contribution >= 0.6 is 0 Å². The highest BCUT2D eigenvalue weighted by atomic mass is 16.8. The number of hydrogen-bond acceptors (Lipinski definition) is 7. The summed E-state index contributed by atoms with van der Waals surface area (Å²) in [5, 5.41) is 0. The van der Waals surface area contributed by atoms with Crippen molar-refractivity contribution in [3.8, 4) is 0 Å². The Morgan fingerprint density at radius 1 is 0.871 bits per heavy atom. The molecule has 0 saturated carbocycles. The quantitative estimate of drug-likeness (QED) is 0.566. The van der Waals surface area contributed by atoms with Crippen LogP contribution in [0.25, 0.3) is 0 Å². The molecule has 7 nitrogen and oxygen atoms in total. The van der Waals surface area contributed by atoms with E-state index in [1.54, 1.807) is 6.92 Å². The largest absolute Gasteiger partial charge is 0.453 e.